The van der Waals surface area contributed by atoms with Crippen molar-refractivity contribution < 1.29 is 19.0 Å². The molecule has 4 rings (SSSR count). The van der Waals surface area contributed by atoms with Gasteiger partial charge in [0.05, 0.1) is 26.4 Å². The molecule has 2 aromatic carbocycles. The van der Waals surface area contributed by atoms with Gasteiger partial charge in [0.25, 0.3) is 5.91 Å². The Hall–Kier alpha value is -3.76. The summed E-state index contributed by atoms with van der Waals surface area (Å²) in [5.41, 5.74) is 0.637. The summed E-state index contributed by atoms with van der Waals surface area (Å²) in [6, 6.07) is 19.2. The number of rotatable bonds is 15. The van der Waals surface area contributed by atoms with Gasteiger partial charge in [-0.05, 0) is 37.1 Å². The van der Waals surface area contributed by atoms with E-state index in [1.165, 1.54) is 32.1 Å². The van der Waals surface area contributed by atoms with Crippen molar-refractivity contribution in [1.82, 2.24) is 20.3 Å². The summed E-state index contributed by atoms with van der Waals surface area (Å²) in [6.45, 7) is 2.73. The first kappa shape index (κ1) is 29.2. The average Bonchev–Trinajstić information content (AvgIpc) is 2.96. The molecule has 3 N–H and O–H groups in total. The third kappa shape index (κ3) is 10.8. The molecule has 0 unspecified atom stereocenters. The summed E-state index contributed by atoms with van der Waals surface area (Å²) in [5, 5.41) is 9.56. The molecule has 1 aromatic heterocycles. The van der Waals surface area contributed by atoms with Crippen LogP contribution in [0.3, 0.4) is 0 Å². The molecule has 0 spiro atoms. The number of hydrogen-bond donors (Lipinski definition) is 3. The highest BCUT2D eigenvalue weighted by Gasteiger charge is 2.15. The number of nitrogens with one attached hydrogen (secondary N) is 3. The molecular weight excluding hydrogens is 508 g/mol. The third-order valence-corrected chi connectivity index (χ3v) is 6.48. The number of hydrogen-bond acceptors (Lipinski definition) is 9. The second kappa shape index (κ2) is 17.0. The van der Waals surface area contributed by atoms with Crippen molar-refractivity contribution in [2.24, 2.45) is 0 Å². The molecule has 0 bridgehead atoms. The van der Waals surface area contributed by atoms with Crippen LogP contribution in [0.15, 0.2) is 60.7 Å². The first-order chi connectivity index (χ1) is 19.8. The standard InChI is InChI=1S/C30H40N6O4/c37-27(24-12-6-4-7-13-24)31-18-20-38-22-23-39-21-19-32-28-34-29(33-25-14-8-2-1-3-9-15-25)36-30(35-28)40-26-16-10-5-11-17-26/h4-7,10-13,16-17,25H,1-3,8-9,14-15,18-23H2,(H,31,37)(H2,32,33,34,35,36). The van der Waals surface area contributed by atoms with Gasteiger partial charge in [0, 0.05) is 24.7 Å². The second-order valence-electron chi connectivity index (χ2n) is 9.64. The molecule has 1 saturated carbocycles. The maximum absolute atomic E-state index is 12.0. The highest BCUT2D eigenvalue weighted by molar-refractivity contribution is 5.94. The second-order valence-corrected chi connectivity index (χ2v) is 9.64. The van der Waals surface area contributed by atoms with E-state index in [1.807, 2.05) is 48.5 Å². The molecule has 0 atom stereocenters. The molecule has 1 amide bonds. The molecule has 0 saturated heterocycles. The Morgan fingerprint density at radius 3 is 2.08 bits per heavy atom. The van der Waals surface area contributed by atoms with Gasteiger partial charge in [-0.1, -0.05) is 68.5 Å². The fraction of sp³-hybridized carbons (Fsp3) is 0.467. The van der Waals surface area contributed by atoms with Crippen molar-refractivity contribution >= 4 is 17.8 Å². The van der Waals surface area contributed by atoms with Crippen LogP contribution in [0.1, 0.15) is 55.3 Å². The number of nitrogens with zero attached hydrogens (tertiary/aromatic N) is 3. The quantitative estimate of drug-likeness (QED) is 0.224. The molecule has 1 fully saturated rings. The first-order valence-electron chi connectivity index (χ1n) is 14.2. The number of aromatic nitrogens is 3. The number of amides is 1. The smallest absolute Gasteiger partial charge is 0.328 e. The predicted octanol–water partition coefficient (Wildman–Crippen LogP) is 5.06. The fourth-order valence-corrected chi connectivity index (χ4v) is 4.41. The summed E-state index contributed by atoms with van der Waals surface area (Å²) < 4.78 is 17.1. The van der Waals surface area contributed by atoms with Crippen LogP contribution >= 0.6 is 0 Å². The van der Waals surface area contributed by atoms with Gasteiger partial charge in [0.15, 0.2) is 0 Å². The molecule has 214 valence electrons. The summed E-state index contributed by atoms with van der Waals surface area (Å²) in [6.07, 6.45) is 8.52. The molecule has 0 aliphatic heterocycles. The minimum Gasteiger partial charge on any atom is -0.424 e. The number of carbonyl (C=O) groups is 1. The van der Waals surface area contributed by atoms with Crippen LogP contribution in [0.4, 0.5) is 11.9 Å². The van der Waals surface area contributed by atoms with Crippen molar-refractivity contribution in [2.75, 3.05) is 50.2 Å². The lowest BCUT2D eigenvalue weighted by Crippen LogP contribution is -2.27. The van der Waals surface area contributed by atoms with Gasteiger partial charge in [-0.2, -0.15) is 15.0 Å². The number of para-hydroxylation sites is 1. The van der Waals surface area contributed by atoms with E-state index >= 15 is 0 Å². The van der Waals surface area contributed by atoms with E-state index in [0.29, 0.717) is 68.8 Å². The van der Waals surface area contributed by atoms with Crippen LogP contribution < -0.4 is 20.7 Å². The van der Waals surface area contributed by atoms with E-state index in [2.05, 4.69) is 30.9 Å². The zero-order valence-corrected chi connectivity index (χ0v) is 23.0. The van der Waals surface area contributed by atoms with E-state index < -0.39 is 0 Å². The van der Waals surface area contributed by atoms with Crippen LogP contribution in [0.25, 0.3) is 0 Å². The Labute approximate surface area is 236 Å². The average molecular weight is 549 g/mol. The Morgan fingerprint density at radius 2 is 1.35 bits per heavy atom. The van der Waals surface area contributed by atoms with Gasteiger partial charge in [0.2, 0.25) is 11.9 Å². The summed E-state index contributed by atoms with van der Waals surface area (Å²) in [7, 11) is 0. The molecule has 40 heavy (non-hydrogen) atoms. The Bertz CT molecular complexity index is 1130. The van der Waals surface area contributed by atoms with Crippen molar-refractivity contribution in [3.63, 3.8) is 0 Å². The number of anilines is 2. The zero-order valence-electron chi connectivity index (χ0n) is 23.0. The topological polar surface area (TPSA) is 120 Å². The lowest BCUT2D eigenvalue weighted by molar-refractivity contribution is 0.0519. The van der Waals surface area contributed by atoms with E-state index in [4.69, 9.17) is 14.2 Å². The number of ether oxygens (including phenoxy) is 3. The van der Waals surface area contributed by atoms with E-state index in [0.717, 1.165) is 12.8 Å². The predicted molar refractivity (Wildman–Crippen MR) is 155 cm³/mol. The molecule has 1 aliphatic carbocycles. The van der Waals surface area contributed by atoms with E-state index in [9.17, 15) is 4.79 Å². The molecule has 10 heteroatoms. The van der Waals surface area contributed by atoms with E-state index in [-0.39, 0.29) is 11.9 Å². The number of benzene rings is 2. The van der Waals surface area contributed by atoms with Crippen LogP contribution in [0.5, 0.6) is 11.8 Å². The molecule has 10 nitrogen and oxygen atoms in total. The van der Waals surface area contributed by atoms with E-state index in [1.54, 1.807) is 12.1 Å². The minimum atomic E-state index is -0.106. The SMILES string of the molecule is O=C(NCCOCCOCCNc1nc(NC2CCCCCCC2)nc(Oc2ccccc2)n1)c1ccccc1. The lowest BCUT2D eigenvalue weighted by Gasteiger charge is -2.21. The maximum atomic E-state index is 12.0. The maximum Gasteiger partial charge on any atom is 0.328 e. The van der Waals surface area contributed by atoms with Gasteiger partial charge in [0.1, 0.15) is 5.75 Å². The van der Waals surface area contributed by atoms with Gasteiger partial charge in [-0.3, -0.25) is 4.79 Å². The van der Waals surface area contributed by atoms with Crippen molar-refractivity contribution in [2.45, 2.75) is 51.0 Å². The summed E-state index contributed by atoms with van der Waals surface area (Å²) in [5.74, 6) is 1.51. The van der Waals surface area contributed by atoms with Crippen molar-refractivity contribution in [3.05, 3.63) is 66.2 Å². The van der Waals surface area contributed by atoms with Crippen LogP contribution in [-0.4, -0.2) is 66.4 Å². The molecule has 1 heterocycles. The first-order valence-corrected chi connectivity index (χ1v) is 14.2. The van der Waals surface area contributed by atoms with Crippen molar-refractivity contribution in [3.8, 4) is 11.8 Å². The summed E-state index contributed by atoms with van der Waals surface area (Å²) >= 11 is 0. The lowest BCUT2D eigenvalue weighted by atomic mass is 9.97. The van der Waals surface area contributed by atoms with Crippen molar-refractivity contribution in [1.29, 1.82) is 0 Å². The summed E-state index contributed by atoms with van der Waals surface area (Å²) in [4.78, 5) is 25.6. The third-order valence-electron chi connectivity index (χ3n) is 6.48. The fourth-order valence-electron chi connectivity index (χ4n) is 4.41. The monoisotopic (exact) mass is 548 g/mol. The van der Waals surface area contributed by atoms with Crippen LogP contribution in [-0.2, 0) is 9.47 Å². The minimum absolute atomic E-state index is 0.106. The molecule has 0 radical (unpaired) electrons. The van der Waals surface area contributed by atoms with Gasteiger partial charge < -0.3 is 30.2 Å². The largest absolute Gasteiger partial charge is 0.424 e. The van der Waals surface area contributed by atoms with Gasteiger partial charge in [-0.15, -0.1) is 0 Å². The van der Waals surface area contributed by atoms with Gasteiger partial charge >= 0.3 is 6.01 Å². The highest BCUT2D eigenvalue weighted by Crippen LogP contribution is 2.23. The highest BCUT2D eigenvalue weighted by atomic mass is 16.5. The zero-order chi connectivity index (χ0) is 27.7. The molecule has 3 aromatic rings. The van der Waals surface area contributed by atoms with Gasteiger partial charge in [-0.25, -0.2) is 0 Å². The normalized spacial score (nSPS) is 14.1. The van der Waals surface area contributed by atoms with Crippen LogP contribution in [0.2, 0.25) is 0 Å². The van der Waals surface area contributed by atoms with Crippen LogP contribution in [0, 0.1) is 0 Å². The Balaban J connectivity index is 1.17. The molecular formula is C30H40N6O4. The molecule has 1 aliphatic rings. The Kier molecular flexibility index (Phi) is 12.5. The Morgan fingerprint density at radius 1 is 0.725 bits per heavy atom. The number of carbonyl (C=O) groups excluding carboxylic acids is 1.